The quantitative estimate of drug-likeness (QED) is 0.846. The molecule has 2 N–H and O–H groups in total. The first-order chi connectivity index (χ1) is 11.2. The summed E-state index contributed by atoms with van der Waals surface area (Å²) in [5.41, 5.74) is 0.676. The predicted octanol–water partition coefficient (Wildman–Crippen LogP) is 0.396. The Morgan fingerprint density at radius 1 is 1.17 bits per heavy atom. The van der Waals surface area contributed by atoms with E-state index in [-0.39, 0.29) is 23.9 Å². The monoisotopic (exact) mass is 317 g/mol. The number of hydrogen-bond donors (Lipinski definition) is 2. The molecule has 2 amide bonds. The molecule has 1 atom stereocenters. The average Bonchev–Trinajstić information content (AvgIpc) is 2.63. The standard InChI is InChI=1S/C17H23N3O3/c21-16(13-4-2-1-3-5-13)19-14-6-9-20(10-7-14)17(22)15-12-23-11-8-18-15/h1-5,14-15,18H,6-12H2,(H,19,21). The van der Waals surface area contributed by atoms with E-state index in [0.717, 1.165) is 19.4 Å². The van der Waals surface area contributed by atoms with Crippen molar-refractivity contribution in [3.05, 3.63) is 35.9 Å². The van der Waals surface area contributed by atoms with Crippen LogP contribution < -0.4 is 10.6 Å². The number of likely N-dealkylation sites (tertiary alicyclic amines) is 1. The van der Waals surface area contributed by atoms with E-state index >= 15 is 0 Å². The minimum absolute atomic E-state index is 0.0438. The zero-order valence-corrected chi connectivity index (χ0v) is 13.2. The molecule has 2 saturated heterocycles. The van der Waals surface area contributed by atoms with Gasteiger partial charge in [-0.05, 0) is 25.0 Å². The Balaban J connectivity index is 1.46. The van der Waals surface area contributed by atoms with Crippen LogP contribution in [0.4, 0.5) is 0 Å². The normalized spacial score (nSPS) is 22.6. The zero-order chi connectivity index (χ0) is 16.1. The van der Waals surface area contributed by atoms with Gasteiger partial charge in [-0.2, -0.15) is 0 Å². The molecular weight excluding hydrogens is 294 g/mol. The highest BCUT2D eigenvalue weighted by atomic mass is 16.5. The van der Waals surface area contributed by atoms with E-state index in [1.165, 1.54) is 0 Å². The fourth-order valence-corrected chi connectivity index (χ4v) is 3.05. The summed E-state index contributed by atoms with van der Waals surface area (Å²) in [5, 5.41) is 6.25. The van der Waals surface area contributed by atoms with E-state index < -0.39 is 0 Å². The summed E-state index contributed by atoms with van der Waals surface area (Å²) in [5.74, 6) is 0.0651. The molecule has 2 aliphatic heterocycles. The molecule has 0 radical (unpaired) electrons. The number of hydrogen-bond acceptors (Lipinski definition) is 4. The fourth-order valence-electron chi connectivity index (χ4n) is 3.05. The Hall–Kier alpha value is -1.92. The van der Waals surface area contributed by atoms with Crippen molar-refractivity contribution in [3.8, 4) is 0 Å². The van der Waals surface area contributed by atoms with Crippen molar-refractivity contribution in [3.63, 3.8) is 0 Å². The van der Waals surface area contributed by atoms with Crippen molar-refractivity contribution in [1.82, 2.24) is 15.5 Å². The van der Waals surface area contributed by atoms with E-state index in [1.54, 1.807) is 0 Å². The molecule has 0 aromatic heterocycles. The van der Waals surface area contributed by atoms with E-state index in [0.29, 0.717) is 31.9 Å². The van der Waals surface area contributed by atoms with Crippen LogP contribution in [0.5, 0.6) is 0 Å². The number of amides is 2. The number of piperidine rings is 1. The van der Waals surface area contributed by atoms with E-state index in [1.807, 2.05) is 35.2 Å². The lowest BCUT2D eigenvalue weighted by molar-refractivity contribution is -0.137. The molecule has 0 bridgehead atoms. The molecule has 0 saturated carbocycles. The fraction of sp³-hybridized carbons (Fsp3) is 0.529. The molecule has 2 aliphatic rings. The Morgan fingerprint density at radius 3 is 2.57 bits per heavy atom. The molecule has 2 heterocycles. The molecule has 23 heavy (non-hydrogen) atoms. The SMILES string of the molecule is O=C(NC1CCN(C(=O)C2COCCN2)CC1)c1ccccc1. The van der Waals surface area contributed by atoms with Crippen molar-refractivity contribution < 1.29 is 14.3 Å². The average molecular weight is 317 g/mol. The van der Waals surface area contributed by atoms with Crippen LogP contribution >= 0.6 is 0 Å². The minimum Gasteiger partial charge on any atom is -0.378 e. The third-order valence-corrected chi connectivity index (χ3v) is 4.40. The number of nitrogens with one attached hydrogen (secondary N) is 2. The maximum absolute atomic E-state index is 12.4. The van der Waals surface area contributed by atoms with Gasteiger partial charge in [0.25, 0.3) is 5.91 Å². The molecular formula is C17H23N3O3. The highest BCUT2D eigenvalue weighted by molar-refractivity contribution is 5.94. The number of rotatable bonds is 3. The summed E-state index contributed by atoms with van der Waals surface area (Å²) in [6.07, 6.45) is 1.58. The Labute approximate surface area is 136 Å². The van der Waals surface area contributed by atoms with Crippen molar-refractivity contribution >= 4 is 11.8 Å². The van der Waals surface area contributed by atoms with Crippen molar-refractivity contribution in [1.29, 1.82) is 0 Å². The summed E-state index contributed by atoms with van der Waals surface area (Å²) in [6.45, 7) is 3.19. The maximum atomic E-state index is 12.4. The van der Waals surface area contributed by atoms with Crippen LogP contribution in [0.2, 0.25) is 0 Å². The van der Waals surface area contributed by atoms with Crippen LogP contribution in [0, 0.1) is 0 Å². The largest absolute Gasteiger partial charge is 0.378 e. The van der Waals surface area contributed by atoms with Gasteiger partial charge in [0.1, 0.15) is 6.04 Å². The summed E-state index contributed by atoms with van der Waals surface area (Å²) < 4.78 is 5.35. The van der Waals surface area contributed by atoms with Crippen LogP contribution in [-0.2, 0) is 9.53 Å². The van der Waals surface area contributed by atoms with Crippen molar-refractivity contribution in [2.75, 3.05) is 32.8 Å². The summed E-state index contributed by atoms with van der Waals surface area (Å²) >= 11 is 0. The van der Waals surface area contributed by atoms with Crippen LogP contribution in [-0.4, -0.2) is 61.6 Å². The lowest BCUT2D eigenvalue weighted by atomic mass is 10.0. The molecule has 6 nitrogen and oxygen atoms in total. The van der Waals surface area contributed by atoms with Crippen LogP contribution in [0.15, 0.2) is 30.3 Å². The predicted molar refractivity (Wildman–Crippen MR) is 86.1 cm³/mol. The Bertz CT molecular complexity index is 535. The van der Waals surface area contributed by atoms with E-state index in [4.69, 9.17) is 4.74 Å². The molecule has 0 aliphatic carbocycles. The Morgan fingerprint density at radius 2 is 1.91 bits per heavy atom. The second kappa shape index (κ2) is 7.57. The number of benzene rings is 1. The molecule has 3 rings (SSSR count). The molecule has 1 unspecified atom stereocenters. The van der Waals surface area contributed by atoms with Crippen molar-refractivity contribution in [2.24, 2.45) is 0 Å². The van der Waals surface area contributed by atoms with E-state index in [2.05, 4.69) is 10.6 Å². The van der Waals surface area contributed by atoms with Gasteiger partial charge in [-0.15, -0.1) is 0 Å². The van der Waals surface area contributed by atoms with Gasteiger partial charge in [0.15, 0.2) is 0 Å². The summed E-state index contributed by atoms with van der Waals surface area (Å²) in [6, 6.07) is 9.13. The van der Waals surface area contributed by atoms with Gasteiger partial charge >= 0.3 is 0 Å². The molecule has 1 aromatic carbocycles. The third-order valence-electron chi connectivity index (χ3n) is 4.40. The number of carbonyl (C=O) groups is 2. The van der Waals surface area contributed by atoms with Gasteiger partial charge in [0, 0.05) is 31.2 Å². The summed E-state index contributed by atoms with van der Waals surface area (Å²) in [4.78, 5) is 26.4. The molecule has 2 fully saturated rings. The van der Waals surface area contributed by atoms with Gasteiger partial charge in [0.05, 0.1) is 13.2 Å². The van der Waals surface area contributed by atoms with Crippen LogP contribution in [0.3, 0.4) is 0 Å². The van der Waals surface area contributed by atoms with Gasteiger partial charge < -0.3 is 20.3 Å². The number of carbonyl (C=O) groups excluding carboxylic acids is 2. The van der Waals surface area contributed by atoms with Gasteiger partial charge in [-0.3, -0.25) is 9.59 Å². The van der Waals surface area contributed by atoms with Gasteiger partial charge in [0.2, 0.25) is 5.91 Å². The van der Waals surface area contributed by atoms with Crippen LogP contribution in [0.25, 0.3) is 0 Å². The topological polar surface area (TPSA) is 70.7 Å². The number of ether oxygens (including phenoxy) is 1. The first kappa shape index (κ1) is 16.0. The lowest BCUT2D eigenvalue weighted by Crippen LogP contribution is -2.55. The second-order valence-electron chi connectivity index (χ2n) is 6.02. The molecule has 1 aromatic rings. The summed E-state index contributed by atoms with van der Waals surface area (Å²) in [7, 11) is 0. The van der Waals surface area contributed by atoms with Crippen LogP contribution in [0.1, 0.15) is 23.2 Å². The minimum atomic E-state index is -0.223. The zero-order valence-electron chi connectivity index (χ0n) is 13.2. The Kier molecular flexibility index (Phi) is 5.25. The molecule has 6 heteroatoms. The third kappa shape index (κ3) is 4.09. The first-order valence-corrected chi connectivity index (χ1v) is 8.20. The van der Waals surface area contributed by atoms with E-state index in [9.17, 15) is 9.59 Å². The molecule has 0 spiro atoms. The second-order valence-corrected chi connectivity index (χ2v) is 6.02. The smallest absolute Gasteiger partial charge is 0.251 e. The molecule has 124 valence electrons. The first-order valence-electron chi connectivity index (χ1n) is 8.20. The highest BCUT2D eigenvalue weighted by Crippen LogP contribution is 2.13. The van der Waals surface area contributed by atoms with Crippen molar-refractivity contribution in [2.45, 2.75) is 24.9 Å². The number of nitrogens with zero attached hydrogens (tertiary/aromatic N) is 1. The number of morpholine rings is 1. The van der Waals surface area contributed by atoms with Gasteiger partial charge in [-0.1, -0.05) is 18.2 Å². The maximum Gasteiger partial charge on any atom is 0.251 e. The lowest BCUT2D eigenvalue weighted by Gasteiger charge is -2.35. The van der Waals surface area contributed by atoms with Gasteiger partial charge in [-0.25, -0.2) is 0 Å². The highest BCUT2D eigenvalue weighted by Gasteiger charge is 2.29.